The van der Waals surface area contributed by atoms with Gasteiger partial charge in [0, 0.05) is 6.54 Å². The van der Waals surface area contributed by atoms with Crippen molar-refractivity contribution < 1.29 is 17.9 Å². The lowest BCUT2D eigenvalue weighted by atomic mass is 9.86. The highest BCUT2D eigenvalue weighted by Gasteiger charge is 2.22. The Morgan fingerprint density at radius 2 is 1.67 bits per heavy atom. The van der Waals surface area contributed by atoms with Crippen molar-refractivity contribution in [3.63, 3.8) is 0 Å². The average molecular weight is 279 g/mol. The fourth-order valence-corrected chi connectivity index (χ4v) is 2.82. The lowest BCUT2D eigenvalue weighted by Crippen LogP contribution is -2.37. The molecule has 6 heteroatoms. The van der Waals surface area contributed by atoms with Crippen molar-refractivity contribution in [1.82, 2.24) is 4.72 Å². The van der Waals surface area contributed by atoms with Crippen LogP contribution in [0, 0.1) is 17.8 Å². The zero-order valence-electron chi connectivity index (χ0n) is 11.9. The summed E-state index contributed by atoms with van der Waals surface area (Å²) in [5.74, 6) is -0.299. The van der Waals surface area contributed by atoms with Crippen LogP contribution < -0.4 is 4.72 Å². The lowest BCUT2D eigenvalue weighted by molar-refractivity contribution is -0.139. The van der Waals surface area contributed by atoms with Gasteiger partial charge < -0.3 is 4.74 Å². The molecule has 0 aliphatic carbocycles. The lowest BCUT2D eigenvalue weighted by Gasteiger charge is -2.24. The molecule has 0 bridgehead atoms. The van der Waals surface area contributed by atoms with Crippen molar-refractivity contribution in [3.8, 4) is 0 Å². The molecule has 0 heterocycles. The number of hydrogen-bond donors (Lipinski definition) is 1. The van der Waals surface area contributed by atoms with E-state index in [4.69, 9.17) is 0 Å². The zero-order chi connectivity index (χ0) is 14.3. The van der Waals surface area contributed by atoms with E-state index in [1.54, 1.807) is 6.92 Å². The van der Waals surface area contributed by atoms with Crippen LogP contribution in [0.3, 0.4) is 0 Å². The van der Waals surface area contributed by atoms with E-state index < -0.39 is 21.7 Å². The third-order valence-electron chi connectivity index (χ3n) is 2.86. The van der Waals surface area contributed by atoms with E-state index in [1.165, 1.54) is 0 Å². The summed E-state index contributed by atoms with van der Waals surface area (Å²) in [5, 5.41) is 0. The standard InChI is InChI=1S/C12H25NO4S/c1-6-17-12(14)8-18(15,16)13-7-11(9(2)3)10(4)5/h9-11,13H,6-8H2,1-5H3. The smallest absolute Gasteiger partial charge is 0.322 e. The molecule has 0 fully saturated rings. The summed E-state index contributed by atoms with van der Waals surface area (Å²) in [4.78, 5) is 11.1. The van der Waals surface area contributed by atoms with Crippen molar-refractivity contribution in [3.05, 3.63) is 0 Å². The van der Waals surface area contributed by atoms with Crippen LogP contribution in [-0.2, 0) is 19.6 Å². The first-order valence-electron chi connectivity index (χ1n) is 6.32. The zero-order valence-corrected chi connectivity index (χ0v) is 12.7. The number of nitrogens with one attached hydrogen (secondary N) is 1. The molecule has 0 aliphatic rings. The number of hydrogen-bond acceptors (Lipinski definition) is 4. The highest BCUT2D eigenvalue weighted by molar-refractivity contribution is 7.90. The summed E-state index contributed by atoms with van der Waals surface area (Å²) in [6.07, 6.45) is 0. The molecular formula is C12H25NO4S. The fraction of sp³-hybridized carbons (Fsp3) is 0.917. The molecule has 0 radical (unpaired) electrons. The van der Waals surface area contributed by atoms with Gasteiger partial charge in [-0.05, 0) is 24.7 Å². The first kappa shape index (κ1) is 17.4. The van der Waals surface area contributed by atoms with E-state index in [2.05, 4.69) is 37.2 Å². The Labute approximate surface area is 110 Å². The molecule has 0 aromatic heterocycles. The quantitative estimate of drug-likeness (QED) is 0.682. The van der Waals surface area contributed by atoms with Gasteiger partial charge in [0.05, 0.1) is 6.61 Å². The number of ether oxygens (including phenoxy) is 1. The van der Waals surface area contributed by atoms with Crippen LogP contribution in [0.5, 0.6) is 0 Å². The highest BCUT2D eigenvalue weighted by atomic mass is 32.2. The fourth-order valence-electron chi connectivity index (χ4n) is 1.87. The monoisotopic (exact) mass is 279 g/mol. The van der Waals surface area contributed by atoms with Crippen LogP contribution in [0.2, 0.25) is 0 Å². The molecule has 0 spiro atoms. The minimum atomic E-state index is -3.59. The Kier molecular flexibility index (Phi) is 7.47. The molecule has 0 aromatic rings. The Morgan fingerprint density at radius 1 is 1.17 bits per heavy atom. The molecule has 0 rings (SSSR count). The SMILES string of the molecule is CCOC(=O)CS(=O)(=O)NCC(C(C)C)C(C)C. The summed E-state index contributed by atoms with van der Waals surface area (Å²) in [7, 11) is -3.59. The number of sulfonamides is 1. The first-order valence-corrected chi connectivity index (χ1v) is 7.97. The van der Waals surface area contributed by atoms with Gasteiger partial charge in [-0.2, -0.15) is 0 Å². The van der Waals surface area contributed by atoms with E-state index in [-0.39, 0.29) is 12.5 Å². The third-order valence-corrected chi connectivity index (χ3v) is 4.09. The van der Waals surface area contributed by atoms with Crippen LogP contribution in [0.15, 0.2) is 0 Å². The van der Waals surface area contributed by atoms with Gasteiger partial charge in [-0.25, -0.2) is 13.1 Å². The van der Waals surface area contributed by atoms with Gasteiger partial charge in [0.1, 0.15) is 0 Å². The summed E-state index contributed by atoms with van der Waals surface area (Å²) < 4.78 is 30.4. The maximum absolute atomic E-state index is 11.7. The van der Waals surface area contributed by atoms with E-state index in [0.29, 0.717) is 18.4 Å². The van der Waals surface area contributed by atoms with E-state index in [0.717, 1.165) is 0 Å². The number of carbonyl (C=O) groups excluding carboxylic acids is 1. The Morgan fingerprint density at radius 3 is 2.06 bits per heavy atom. The third kappa shape index (κ3) is 6.96. The second-order valence-electron chi connectivity index (χ2n) is 5.06. The predicted octanol–water partition coefficient (Wildman–Crippen LogP) is 1.40. The van der Waals surface area contributed by atoms with Gasteiger partial charge in [-0.3, -0.25) is 4.79 Å². The van der Waals surface area contributed by atoms with Gasteiger partial charge in [0.25, 0.3) is 0 Å². The van der Waals surface area contributed by atoms with Crippen molar-refractivity contribution in [2.75, 3.05) is 18.9 Å². The van der Waals surface area contributed by atoms with Gasteiger partial charge >= 0.3 is 5.97 Å². The highest BCUT2D eigenvalue weighted by Crippen LogP contribution is 2.19. The molecule has 5 nitrogen and oxygen atoms in total. The van der Waals surface area contributed by atoms with Gasteiger partial charge in [-0.15, -0.1) is 0 Å². The largest absolute Gasteiger partial charge is 0.465 e. The molecule has 0 atom stereocenters. The van der Waals surface area contributed by atoms with Crippen molar-refractivity contribution in [2.45, 2.75) is 34.6 Å². The predicted molar refractivity (Wildman–Crippen MR) is 71.6 cm³/mol. The molecule has 0 unspecified atom stereocenters. The van der Waals surface area contributed by atoms with Crippen LogP contribution >= 0.6 is 0 Å². The van der Waals surface area contributed by atoms with Crippen LogP contribution in [-0.4, -0.2) is 33.3 Å². The molecule has 0 saturated heterocycles. The molecule has 0 aliphatic heterocycles. The van der Waals surface area contributed by atoms with E-state index in [1.807, 2.05) is 0 Å². The molecule has 0 amide bonds. The molecule has 1 N–H and O–H groups in total. The summed E-state index contributed by atoms with van der Waals surface area (Å²) >= 11 is 0. The molecule has 0 saturated carbocycles. The summed E-state index contributed by atoms with van der Waals surface area (Å²) in [6, 6.07) is 0. The Bertz CT molecular complexity index is 341. The minimum Gasteiger partial charge on any atom is -0.465 e. The molecule has 0 aromatic carbocycles. The van der Waals surface area contributed by atoms with Gasteiger partial charge in [0.15, 0.2) is 5.75 Å². The van der Waals surface area contributed by atoms with Crippen LogP contribution in [0.25, 0.3) is 0 Å². The second kappa shape index (κ2) is 7.74. The topological polar surface area (TPSA) is 72.5 Å². The van der Waals surface area contributed by atoms with Crippen LogP contribution in [0.1, 0.15) is 34.6 Å². The van der Waals surface area contributed by atoms with E-state index in [9.17, 15) is 13.2 Å². The number of carbonyl (C=O) groups is 1. The van der Waals surface area contributed by atoms with E-state index >= 15 is 0 Å². The molecular weight excluding hydrogens is 254 g/mol. The van der Waals surface area contributed by atoms with Gasteiger partial charge in [0.2, 0.25) is 10.0 Å². The minimum absolute atomic E-state index is 0.189. The second-order valence-corrected chi connectivity index (χ2v) is 6.87. The first-order chi connectivity index (χ1) is 8.19. The molecule has 108 valence electrons. The van der Waals surface area contributed by atoms with Gasteiger partial charge in [-0.1, -0.05) is 27.7 Å². The van der Waals surface area contributed by atoms with Crippen molar-refractivity contribution in [1.29, 1.82) is 0 Å². The number of esters is 1. The number of rotatable bonds is 8. The maximum atomic E-state index is 11.7. The normalized spacial score (nSPS) is 12.4. The van der Waals surface area contributed by atoms with Crippen molar-refractivity contribution in [2.24, 2.45) is 17.8 Å². The van der Waals surface area contributed by atoms with Crippen molar-refractivity contribution >= 4 is 16.0 Å². The van der Waals surface area contributed by atoms with Crippen LogP contribution in [0.4, 0.5) is 0 Å². The molecule has 18 heavy (non-hydrogen) atoms. The average Bonchev–Trinajstić information content (AvgIpc) is 2.15. The summed E-state index contributed by atoms with van der Waals surface area (Å²) in [6.45, 7) is 10.4. The Hall–Kier alpha value is -0.620. The summed E-state index contributed by atoms with van der Waals surface area (Å²) in [5.41, 5.74) is 0. The maximum Gasteiger partial charge on any atom is 0.322 e. The Balaban J connectivity index is 4.37.